The van der Waals surface area contributed by atoms with Gasteiger partial charge in [-0.25, -0.2) is 0 Å². The standard InChI is InChI=1S/C13H17N3O/c1-9-12(5-6-17-9)16(2)13-7-10(8-14)3-4-11(13)15/h3-4,7,9,12H,5-6,15H2,1-2H3. The molecular weight excluding hydrogens is 214 g/mol. The number of rotatable bonds is 2. The number of nitrogens with two attached hydrogens (primary N) is 1. The molecule has 1 aromatic rings. The van der Waals surface area contributed by atoms with E-state index in [0.717, 1.165) is 18.7 Å². The lowest BCUT2D eigenvalue weighted by molar-refractivity contribution is 0.118. The summed E-state index contributed by atoms with van der Waals surface area (Å²) in [6.45, 7) is 2.85. The zero-order chi connectivity index (χ0) is 12.4. The van der Waals surface area contributed by atoms with Gasteiger partial charge in [0.15, 0.2) is 0 Å². The van der Waals surface area contributed by atoms with Crippen molar-refractivity contribution in [3.63, 3.8) is 0 Å². The third-order valence-corrected chi connectivity index (χ3v) is 3.37. The number of likely N-dealkylation sites (N-methyl/N-ethyl adjacent to an activating group) is 1. The van der Waals surface area contributed by atoms with Crippen molar-refractivity contribution in [1.82, 2.24) is 0 Å². The van der Waals surface area contributed by atoms with Gasteiger partial charge in [-0.2, -0.15) is 5.26 Å². The second-order valence-corrected chi connectivity index (χ2v) is 4.43. The van der Waals surface area contributed by atoms with Crippen molar-refractivity contribution in [3.05, 3.63) is 23.8 Å². The second-order valence-electron chi connectivity index (χ2n) is 4.43. The molecule has 0 radical (unpaired) electrons. The van der Waals surface area contributed by atoms with Crippen LogP contribution in [0.4, 0.5) is 11.4 Å². The Kier molecular flexibility index (Phi) is 3.21. The summed E-state index contributed by atoms with van der Waals surface area (Å²) >= 11 is 0. The molecule has 1 aliphatic heterocycles. The molecule has 4 heteroatoms. The number of anilines is 2. The fourth-order valence-corrected chi connectivity index (χ4v) is 2.33. The van der Waals surface area contributed by atoms with E-state index in [1.807, 2.05) is 13.1 Å². The maximum Gasteiger partial charge on any atom is 0.0992 e. The molecule has 1 fully saturated rings. The number of nitrogen functional groups attached to an aromatic ring is 1. The quantitative estimate of drug-likeness (QED) is 0.788. The number of nitriles is 1. The van der Waals surface area contributed by atoms with Crippen LogP contribution in [0.5, 0.6) is 0 Å². The Hall–Kier alpha value is -1.73. The first kappa shape index (κ1) is 11.7. The van der Waals surface area contributed by atoms with Crippen LogP contribution in [-0.4, -0.2) is 25.8 Å². The SMILES string of the molecule is CC1OCCC1N(C)c1cc(C#N)ccc1N. The summed E-state index contributed by atoms with van der Waals surface area (Å²) in [5.74, 6) is 0. The van der Waals surface area contributed by atoms with Crippen LogP contribution in [0.25, 0.3) is 0 Å². The zero-order valence-electron chi connectivity index (χ0n) is 10.2. The Morgan fingerprint density at radius 2 is 2.29 bits per heavy atom. The minimum absolute atomic E-state index is 0.199. The number of ether oxygens (including phenoxy) is 1. The predicted molar refractivity (Wildman–Crippen MR) is 67.8 cm³/mol. The number of nitrogens with zero attached hydrogens (tertiary/aromatic N) is 2. The van der Waals surface area contributed by atoms with Gasteiger partial charge in [0.1, 0.15) is 0 Å². The van der Waals surface area contributed by atoms with Gasteiger partial charge in [0, 0.05) is 13.7 Å². The molecule has 4 nitrogen and oxygen atoms in total. The smallest absolute Gasteiger partial charge is 0.0992 e. The van der Waals surface area contributed by atoms with Crippen LogP contribution in [0, 0.1) is 11.3 Å². The monoisotopic (exact) mass is 231 g/mol. The Bertz CT molecular complexity index is 452. The highest BCUT2D eigenvalue weighted by Gasteiger charge is 2.28. The van der Waals surface area contributed by atoms with E-state index in [1.165, 1.54) is 0 Å². The molecular formula is C13H17N3O. The maximum atomic E-state index is 8.92. The summed E-state index contributed by atoms with van der Waals surface area (Å²) in [5, 5.41) is 8.92. The largest absolute Gasteiger partial charge is 0.397 e. The lowest BCUT2D eigenvalue weighted by Crippen LogP contribution is -2.37. The first-order valence-electron chi connectivity index (χ1n) is 5.77. The molecule has 1 saturated heterocycles. The highest BCUT2D eigenvalue weighted by Crippen LogP contribution is 2.29. The molecule has 0 bridgehead atoms. The van der Waals surface area contributed by atoms with Gasteiger partial charge in [-0.05, 0) is 31.5 Å². The highest BCUT2D eigenvalue weighted by molar-refractivity contribution is 5.70. The van der Waals surface area contributed by atoms with Gasteiger partial charge in [0.25, 0.3) is 0 Å². The molecule has 2 N–H and O–H groups in total. The lowest BCUT2D eigenvalue weighted by atomic mass is 10.1. The predicted octanol–water partition coefficient (Wildman–Crippen LogP) is 1.75. The van der Waals surface area contributed by atoms with E-state index in [0.29, 0.717) is 17.3 Å². The van der Waals surface area contributed by atoms with Crippen molar-refractivity contribution in [1.29, 1.82) is 5.26 Å². The molecule has 90 valence electrons. The molecule has 1 aliphatic rings. The van der Waals surface area contributed by atoms with Gasteiger partial charge in [-0.1, -0.05) is 0 Å². The number of hydrogen-bond donors (Lipinski definition) is 1. The van der Waals surface area contributed by atoms with Crippen molar-refractivity contribution in [2.45, 2.75) is 25.5 Å². The minimum Gasteiger partial charge on any atom is -0.397 e. The summed E-state index contributed by atoms with van der Waals surface area (Å²) in [6.07, 6.45) is 1.19. The van der Waals surface area contributed by atoms with E-state index in [2.05, 4.69) is 17.9 Å². The minimum atomic E-state index is 0.199. The Morgan fingerprint density at radius 3 is 2.88 bits per heavy atom. The van der Waals surface area contributed by atoms with Crippen LogP contribution < -0.4 is 10.6 Å². The summed E-state index contributed by atoms with van der Waals surface area (Å²) in [7, 11) is 2.00. The van der Waals surface area contributed by atoms with Crippen LogP contribution >= 0.6 is 0 Å². The van der Waals surface area contributed by atoms with Gasteiger partial charge in [-0.15, -0.1) is 0 Å². The Labute approximate surface area is 102 Å². The summed E-state index contributed by atoms with van der Waals surface area (Å²) < 4.78 is 5.56. The van der Waals surface area contributed by atoms with Gasteiger partial charge < -0.3 is 15.4 Å². The molecule has 2 rings (SSSR count). The van der Waals surface area contributed by atoms with E-state index in [9.17, 15) is 0 Å². The van der Waals surface area contributed by atoms with E-state index in [-0.39, 0.29) is 6.10 Å². The first-order chi connectivity index (χ1) is 8.13. The average molecular weight is 231 g/mol. The average Bonchev–Trinajstić information content (AvgIpc) is 2.75. The van der Waals surface area contributed by atoms with E-state index < -0.39 is 0 Å². The topological polar surface area (TPSA) is 62.3 Å². The molecule has 0 saturated carbocycles. The highest BCUT2D eigenvalue weighted by atomic mass is 16.5. The lowest BCUT2D eigenvalue weighted by Gasteiger charge is -2.29. The van der Waals surface area contributed by atoms with Crippen molar-refractivity contribution < 1.29 is 4.74 Å². The Morgan fingerprint density at radius 1 is 1.53 bits per heavy atom. The first-order valence-corrected chi connectivity index (χ1v) is 5.77. The summed E-state index contributed by atoms with van der Waals surface area (Å²) in [6, 6.07) is 7.82. The van der Waals surface area contributed by atoms with Crippen molar-refractivity contribution in [2.75, 3.05) is 24.3 Å². The maximum absolute atomic E-state index is 8.92. The molecule has 2 atom stereocenters. The normalized spacial score (nSPS) is 23.4. The van der Waals surface area contributed by atoms with Crippen molar-refractivity contribution in [3.8, 4) is 6.07 Å². The van der Waals surface area contributed by atoms with E-state index in [1.54, 1.807) is 12.1 Å². The number of benzene rings is 1. The van der Waals surface area contributed by atoms with Crippen molar-refractivity contribution in [2.24, 2.45) is 0 Å². The third kappa shape index (κ3) is 2.20. The molecule has 0 aromatic heterocycles. The van der Waals surface area contributed by atoms with Crippen LogP contribution in [0.1, 0.15) is 18.9 Å². The van der Waals surface area contributed by atoms with E-state index in [4.69, 9.17) is 15.7 Å². The molecule has 1 heterocycles. The molecule has 0 spiro atoms. The van der Waals surface area contributed by atoms with Crippen molar-refractivity contribution >= 4 is 11.4 Å². The summed E-state index contributed by atoms with van der Waals surface area (Å²) in [5.41, 5.74) is 8.21. The van der Waals surface area contributed by atoms with Crippen LogP contribution in [0.3, 0.4) is 0 Å². The molecule has 1 aromatic carbocycles. The molecule has 2 unspecified atom stereocenters. The summed E-state index contributed by atoms with van der Waals surface area (Å²) in [4.78, 5) is 2.12. The van der Waals surface area contributed by atoms with Crippen LogP contribution in [0.2, 0.25) is 0 Å². The fourth-order valence-electron chi connectivity index (χ4n) is 2.33. The Balaban J connectivity index is 2.30. The van der Waals surface area contributed by atoms with Gasteiger partial charge in [0.05, 0.1) is 35.2 Å². The van der Waals surface area contributed by atoms with Crippen LogP contribution in [-0.2, 0) is 4.74 Å². The fraction of sp³-hybridized carbons (Fsp3) is 0.462. The molecule has 0 aliphatic carbocycles. The molecule has 0 amide bonds. The zero-order valence-corrected chi connectivity index (χ0v) is 10.2. The number of hydrogen-bond acceptors (Lipinski definition) is 4. The molecule has 17 heavy (non-hydrogen) atoms. The third-order valence-electron chi connectivity index (χ3n) is 3.37. The van der Waals surface area contributed by atoms with Gasteiger partial charge in [-0.3, -0.25) is 0 Å². The van der Waals surface area contributed by atoms with Gasteiger partial charge >= 0.3 is 0 Å². The van der Waals surface area contributed by atoms with E-state index >= 15 is 0 Å². The second kappa shape index (κ2) is 4.64. The van der Waals surface area contributed by atoms with Crippen LogP contribution in [0.15, 0.2) is 18.2 Å². The van der Waals surface area contributed by atoms with Gasteiger partial charge in [0.2, 0.25) is 0 Å².